The molecule has 0 heterocycles. The Morgan fingerprint density at radius 1 is 0.882 bits per heavy atom. The average molecular weight is 458 g/mol. The van der Waals surface area contributed by atoms with E-state index in [-0.39, 0.29) is 5.54 Å². The maximum absolute atomic E-state index is 11.5. The molecule has 4 bridgehead atoms. The Labute approximate surface area is 203 Å². The Morgan fingerprint density at radius 3 is 2.06 bits per heavy atom. The van der Waals surface area contributed by atoms with Gasteiger partial charge in [0.05, 0.1) is 5.56 Å². The molecule has 0 amide bonds. The standard InChI is InChI=1S/C31H39NO2/c1-2-30(18-26-4-3-5-27(26)19-30)32(31-15-20-10-21(16-31)12-22(11-20)17-31)28-9-8-23-13-25(29(33)34)7-6-24(23)14-28/h6-9,13-14,20-22,26-27H,2-5,10-12,15-19H2,1H3,(H,33,34)/t20?,21?,22?,26-,27?,30?,31?/m0/s1. The van der Waals surface area contributed by atoms with Crippen molar-refractivity contribution < 1.29 is 9.90 Å². The lowest BCUT2D eigenvalue weighted by Gasteiger charge is -2.65. The minimum Gasteiger partial charge on any atom is -0.478 e. The van der Waals surface area contributed by atoms with Crippen molar-refractivity contribution in [3.8, 4) is 0 Å². The number of hydrogen-bond donors (Lipinski definition) is 1. The predicted octanol–water partition coefficient (Wildman–Crippen LogP) is 7.67. The third kappa shape index (κ3) is 3.11. The van der Waals surface area contributed by atoms with Crippen LogP contribution in [0.2, 0.25) is 0 Å². The van der Waals surface area contributed by atoms with Gasteiger partial charge < -0.3 is 10.0 Å². The molecule has 6 saturated carbocycles. The molecule has 1 N–H and O–H groups in total. The Bertz CT molecular complexity index is 1090. The number of benzene rings is 2. The van der Waals surface area contributed by atoms with Crippen molar-refractivity contribution in [3.63, 3.8) is 0 Å². The lowest BCUT2D eigenvalue weighted by molar-refractivity contribution is -0.0159. The molecule has 2 aromatic carbocycles. The summed E-state index contributed by atoms with van der Waals surface area (Å²) in [5.41, 5.74) is 2.42. The summed E-state index contributed by atoms with van der Waals surface area (Å²) in [6, 6.07) is 12.6. The maximum atomic E-state index is 11.5. The van der Waals surface area contributed by atoms with Crippen LogP contribution < -0.4 is 4.90 Å². The SMILES string of the molecule is CCC1(N(c2ccc3cc(C(=O)O)ccc3c2)C23CC4CC(CC(C4)C2)C3)CC2CCC[C@H]2C1. The zero-order valence-electron chi connectivity index (χ0n) is 20.6. The van der Waals surface area contributed by atoms with Gasteiger partial charge in [-0.15, -0.1) is 0 Å². The second-order valence-corrected chi connectivity index (χ2v) is 13.0. The fourth-order valence-corrected chi connectivity index (χ4v) is 10.2. The van der Waals surface area contributed by atoms with E-state index in [4.69, 9.17) is 0 Å². The van der Waals surface area contributed by atoms with Crippen molar-refractivity contribution in [2.24, 2.45) is 29.6 Å². The number of hydrogen-bond acceptors (Lipinski definition) is 2. The summed E-state index contributed by atoms with van der Waals surface area (Å²) < 4.78 is 0. The number of fused-ring (bicyclic) bond motifs is 2. The highest BCUT2D eigenvalue weighted by molar-refractivity contribution is 5.95. The van der Waals surface area contributed by atoms with Gasteiger partial charge in [0.2, 0.25) is 0 Å². The molecular formula is C31H39NO2. The summed E-state index contributed by atoms with van der Waals surface area (Å²) in [5, 5.41) is 11.7. The minimum absolute atomic E-state index is 0.288. The second kappa shape index (κ2) is 7.48. The van der Waals surface area contributed by atoms with E-state index in [1.165, 1.54) is 88.1 Å². The van der Waals surface area contributed by atoms with Gasteiger partial charge in [0, 0.05) is 16.8 Å². The van der Waals surface area contributed by atoms with Gasteiger partial charge in [-0.2, -0.15) is 0 Å². The molecule has 0 spiro atoms. The summed E-state index contributed by atoms with van der Waals surface area (Å²) in [5.74, 6) is 3.81. The molecule has 34 heavy (non-hydrogen) atoms. The van der Waals surface area contributed by atoms with E-state index in [1.807, 2.05) is 12.1 Å². The van der Waals surface area contributed by atoms with E-state index in [2.05, 4.69) is 30.0 Å². The van der Waals surface area contributed by atoms with Crippen LogP contribution >= 0.6 is 0 Å². The summed E-state index contributed by atoms with van der Waals surface area (Å²) in [7, 11) is 0. The van der Waals surface area contributed by atoms with Crippen molar-refractivity contribution in [2.45, 2.75) is 95.1 Å². The number of nitrogens with zero attached hydrogens (tertiary/aromatic N) is 1. The molecule has 6 aliphatic carbocycles. The van der Waals surface area contributed by atoms with Crippen LogP contribution in [0.3, 0.4) is 0 Å². The fraction of sp³-hybridized carbons (Fsp3) is 0.645. The van der Waals surface area contributed by atoms with Crippen LogP contribution in [0.15, 0.2) is 36.4 Å². The van der Waals surface area contributed by atoms with Crippen LogP contribution in [-0.2, 0) is 0 Å². The number of carboxylic acid groups (broad SMARTS) is 1. The van der Waals surface area contributed by atoms with Crippen LogP contribution in [-0.4, -0.2) is 22.2 Å². The number of anilines is 1. The first-order chi connectivity index (χ1) is 16.5. The highest BCUT2D eigenvalue weighted by Gasteiger charge is 2.60. The van der Waals surface area contributed by atoms with Gasteiger partial charge >= 0.3 is 5.97 Å². The van der Waals surface area contributed by atoms with E-state index < -0.39 is 5.97 Å². The first kappa shape index (κ1) is 21.3. The monoisotopic (exact) mass is 457 g/mol. The maximum Gasteiger partial charge on any atom is 0.335 e. The summed E-state index contributed by atoms with van der Waals surface area (Å²) in [4.78, 5) is 14.6. The highest BCUT2D eigenvalue weighted by atomic mass is 16.4. The fourth-order valence-electron chi connectivity index (χ4n) is 10.2. The van der Waals surface area contributed by atoms with Crippen LogP contribution in [0, 0.1) is 29.6 Å². The molecular weight excluding hydrogens is 418 g/mol. The molecule has 0 aliphatic heterocycles. The molecule has 3 heteroatoms. The predicted molar refractivity (Wildman–Crippen MR) is 137 cm³/mol. The van der Waals surface area contributed by atoms with Crippen molar-refractivity contribution in [2.75, 3.05) is 4.90 Å². The molecule has 0 radical (unpaired) electrons. The van der Waals surface area contributed by atoms with Crippen molar-refractivity contribution in [1.82, 2.24) is 0 Å². The van der Waals surface area contributed by atoms with Gasteiger partial charge in [-0.1, -0.05) is 38.3 Å². The molecule has 3 nitrogen and oxygen atoms in total. The Kier molecular flexibility index (Phi) is 4.68. The Morgan fingerprint density at radius 2 is 1.47 bits per heavy atom. The van der Waals surface area contributed by atoms with E-state index in [1.54, 1.807) is 6.07 Å². The molecule has 180 valence electrons. The van der Waals surface area contributed by atoms with Gasteiger partial charge in [-0.3, -0.25) is 0 Å². The van der Waals surface area contributed by atoms with Gasteiger partial charge in [0.1, 0.15) is 0 Å². The van der Waals surface area contributed by atoms with E-state index >= 15 is 0 Å². The topological polar surface area (TPSA) is 40.5 Å². The van der Waals surface area contributed by atoms with Gasteiger partial charge in [-0.25, -0.2) is 4.79 Å². The van der Waals surface area contributed by atoms with Gasteiger partial charge in [0.25, 0.3) is 0 Å². The molecule has 2 aromatic rings. The molecule has 0 aromatic heterocycles. The van der Waals surface area contributed by atoms with Crippen LogP contribution in [0.25, 0.3) is 10.8 Å². The van der Waals surface area contributed by atoms with Crippen LogP contribution in [0.1, 0.15) is 94.3 Å². The quantitative estimate of drug-likeness (QED) is 0.501. The first-order valence-corrected chi connectivity index (χ1v) is 14.0. The van der Waals surface area contributed by atoms with Crippen molar-refractivity contribution in [3.05, 3.63) is 42.0 Å². The summed E-state index contributed by atoms with van der Waals surface area (Å²) in [6.07, 6.45) is 17.0. The van der Waals surface area contributed by atoms with Gasteiger partial charge in [0.15, 0.2) is 0 Å². The molecule has 0 saturated heterocycles. The summed E-state index contributed by atoms with van der Waals surface area (Å²) >= 11 is 0. The van der Waals surface area contributed by atoms with Crippen LogP contribution in [0.5, 0.6) is 0 Å². The van der Waals surface area contributed by atoms with E-state index in [0.717, 1.165) is 35.0 Å². The van der Waals surface area contributed by atoms with Gasteiger partial charge in [-0.05, 0) is 122 Å². The lowest BCUT2D eigenvalue weighted by Crippen LogP contribution is -2.66. The lowest BCUT2D eigenvalue weighted by atomic mass is 9.51. The van der Waals surface area contributed by atoms with E-state index in [0.29, 0.717) is 11.1 Å². The number of rotatable bonds is 5. The van der Waals surface area contributed by atoms with Crippen LogP contribution in [0.4, 0.5) is 5.69 Å². The molecule has 6 aliphatic rings. The smallest absolute Gasteiger partial charge is 0.335 e. The molecule has 2 unspecified atom stereocenters. The Hall–Kier alpha value is -2.03. The number of carboxylic acids is 1. The van der Waals surface area contributed by atoms with Crippen molar-refractivity contribution in [1.29, 1.82) is 0 Å². The second-order valence-electron chi connectivity index (χ2n) is 13.0. The normalized spacial score (nSPS) is 40.1. The molecule has 8 rings (SSSR count). The first-order valence-electron chi connectivity index (χ1n) is 14.0. The minimum atomic E-state index is -0.844. The van der Waals surface area contributed by atoms with E-state index in [9.17, 15) is 9.90 Å². The number of carbonyl (C=O) groups is 1. The third-order valence-electron chi connectivity index (χ3n) is 11.0. The average Bonchev–Trinajstić information content (AvgIpc) is 3.37. The Balaban J connectivity index is 1.36. The molecule has 3 atom stereocenters. The zero-order valence-corrected chi connectivity index (χ0v) is 20.6. The summed E-state index contributed by atoms with van der Waals surface area (Å²) in [6.45, 7) is 2.47. The number of aromatic carboxylic acids is 1. The zero-order chi connectivity index (χ0) is 23.1. The third-order valence-corrected chi connectivity index (χ3v) is 11.0. The highest BCUT2D eigenvalue weighted by Crippen LogP contribution is 2.63. The largest absolute Gasteiger partial charge is 0.478 e. The molecule has 6 fully saturated rings. The van der Waals surface area contributed by atoms with Crippen molar-refractivity contribution >= 4 is 22.4 Å².